The first-order valence-electron chi connectivity index (χ1n) is 4.94. The lowest BCUT2D eigenvalue weighted by molar-refractivity contribution is 0.736. The van der Waals surface area contributed by atoms with Gasteiger partial charge in [-0.05, 0) is 38.5 Å². The maximum Gasteiger partial charge on any atom is -0.0290 e. The van der Waals surface area contributed by atoms with Crippen LogP contribution >= 0.6 is 0 Å². The van der Waals surface area contributed by atoms with Gasteiger partial charge in [-0.3, -0.25) is 0 Å². The highest BCUT2D eigenvalue weighted by atomic mass is 13.9. The van der Waals surface area contributed by atoms with Crippen LogP contribution in [0.5, 0.6) is 0 Å². The molecule has 0 saturated heterocycles. The predicted molar refractivity (Wildman–Crippen MR) is 57.3 cm³/mol. The molecule has 0 atom stereocenters. The summed E-state index contributed by atoms with van der Waals surface area (Å²) in [4.78, 5) is 0. The minimum Gasteiger partial charge on any atom is -0.100 e. The van der Waals surface area contributed by atoms with Gasteiger partial charge in [0.05, 0.1) is 0 Å². The van der Waals surface area contributed by atoms with Crippen LogP contribution in [0.3, 0.4) is 0 Å². The normalized spacial score (nSPS) is 11.3. The van der Waals surface area contributed by atoms with Crippen molar-refractivity contribution in [1.82, 2.24) is 0 Å². The van der Waals surface area contributed by atoms with Crippen molar-refractivity contribution in [3.05, 3.63) is 24.3 Å². The summed E-state index contributed by atoms with van der Waals surface area (Å²) in [6.45, 7) is 10.4. The molecule has 0 aromatic rings. The second-order valence-corrected chi connectivity index (χ2v) is 3.88. The van der Waals surface area contributed by atoms with Gasteiger partial charge in [-0.15, -0.1) is 6.58 Å². The Hall–Kier alpha value is -0.520. The molecule has 0 aliphatic rings. The molecule has 0 aromatic heterocycles. The van der Waals surface area contributed by atoms with E-state index in [0.29, 0.717) is 5.92 Å². The fourth-order valence-corrected chi connectivity index (χ4v) is 1.06. The minimum atomic E-state index is 0.700. The molecule has 0 aromatic carbocycles. The largest absolute Gasteiger partial charge is 0.100 e. The Morgan fingerprint density at radius 2 is 2.00 bits per heavy atom. The van der Waals surface area contributed by atoms with Crippen LogP contribution in [0.2, 0.25) is 0 Å². The summed E-state index contributed by atoms with van der Waals surface area (Å²) >= 11 is 0. The van der Waals surface area contributed by atoms with Gasteiger partial charge in [0.15, 0.2) is 0 Å². The van der Waals surface area contributed by atoms with Crippen molar-refractivity contribution in [2.75, 3.05) is 0 Å². The third-order valence-electron chi connectivity index (χ3n) is 1.75. The van der Waals surface area contributed by atoms with Crippen molar-refractivity contribution in [1.29, 1.82) is 0 Å². The fourth-order valence-electron chi connectivity index (χ4n) is 1.06. The van der Waals surface area contributed by atoms with Gasteiger partial charge in [0.2, 0.25) is 0 Å². The van der Waals surface area contributed by atoms with E-state index >= 15 is 0 Å². The average molecular weight is 166 g/mol. The molecule has 0 heterocycles. The van der Waals surface area contributed by atoms with E-state index in [-0.39, 0.29) is 0 Å². The van der Waals surface area contributed by atoms with E-state index in [1.807, 2.05) is 0 Å². The van der Waals surface area contributed by atoms with Crippen molar-refractivity contribution in [3.8, 4) is 0 Å². The van der Waals surface area contributed by atoms with Crippen LogP contribution < -0.4 is 0 Å². The second-order valence-electron chi connectivity index (χ2n) is 3.88. The minimum absolute atomic E-state index is 0.700. The van der Waals surface area contributed by atoms with E-state index in [1.165, 1.54) is 31.3 Å². The van der Waals surface area contributed by atoms with Gasteiger partial charge in [0.1, 0.15) is 0 Å². The molecule has 0 N–H and O–H groups in total. The first-order chi connectivity index (χ1) is 5.63. The molecule has 0 aliphatic heterocycles. The predicted octanol–water partition coefficient (Wildman–Crippen LogP) is 4.34. The lowest BCUT2D eigenvalue weighted by atomic mass is 10.1. The zero-order chi connectivity index (χ0) is 9.40. The number of hydrogen-bond acceptors (Lipinski definition) is 0. The zero-order valence-electron chi connectivity index (χ0n) is 8.77. The third-order valence-corrected chi connectivity index (χ3v) is 1.75. The van der Waals surface area contributed by atoms with Gasteiger partial charge in [-0.2, -0.15) is 0 Å². The van der Waals surface area contributed by atoms with E-state index in [2.05, 4.69) is 39.5 Å². The number of allylic oxidation sites excluding steroid dienone is 3. The van der Waals surface area contributed by atoms with Crippen LogP contribution in [0.1, 0.15) is 46.5 Å². The molecule has 0 rings (SSSR count). The van der Waals surface area contributed by atoms with Crippen molar-refractivity contribution >= 4 is 0 Å². The molecule has 0 unspecified atom stereocenters. The third kappa shape index (κ3) is 9.48. The molecule has 70 valence electrons. The Morgan fingerprint density at radius 3 is 2.50 bits per heavy atom. The smallest absolute Gasteiger partial charge is 0.0290 e. The van der Waals surface area contributed by atoms with Gasteiger partial charge in [-0.25, -0.2) is 0 Å². The van der Waals surface area contributed by atoms with E-state index in [4.69, 9.17) is 0 Å². The van der Waals surface area contributed by atoms with Crippen molar-refractivity contribution in [2.24, 2.45) is 5.92 Å². The maximum atomic E-state index is 3.88. The number of unbranched alkanes of at least 4 members (excludes halogenated alkanes) is 2. The first kappa shape index (κ1) is 11.5. The fraction of sp³-hybridized carbons (Fsp3) is 0.667. The summed E-state index contributed by atoms with van der Waals surface area (Å²) < 4.78 is 0. The summed E-state index contributed by atoms with van der Waals surface area (Å²) in [7, 11) is 0. The molecule has 0 bridgehead atoms. The molecule has 0 amide bonds. The van der Waals surface area contributed by atoms with E-state index in [0.717, 1.165) is 0 Å². The van der Waals surface area contributed by atoms with E-state index in [1.54, 1.807) is 0 Å². The van der Waals surface area contributed by atoms with Gasteiger partial charge >= 0.3 is 0 Å². The van der Waals surface area contributed by atoms with Gasteiger partial charge in [-0.1, -0.05) is 31.6 Å². The van der Waals surface area contributed by atoms with E-state index in [9.17, 15) is 0 Å². The zero-order valence-corrected chi connectivity index (χ0v) is 8.77. The molecule has 0 heteroatoms. The van der Waals surface area contributed by atoms with Crippen LogP contribution in [-0.2, 0) is 0 Å². The van der Waals surface area contributed by atoms with Gasteiger partial charge < -0.3 is 0 Å². The summed E-state index contributed by atoms with van der Waals surface area (Å²) in [5, 5.41) is 0. The molecule has 0 spiro atoms. The Bertz CT molecular complexity index is 140. The quantitative estimate of drug-likeness (QED) is 0.407. The molecule has 0 radical (unpaired) electrons. The summed E-state index contributed by atoms with van der Waals surface area (Å²) in [6.07, 6.45) is 9.58. The molecule has 12 heavy (non-hydrogen) atoms. The van der Waals surface area contributed by atoms with Gasteiger partial charge in [0.25, 0.3) is 0 Å². The molecule has 0 aliphatic carbocycles. The van der Waals surface area contributed by atoms with Crippen LogP contribution in [0.15, 0.2) is 24.3 Å². The summed E-state index contributed by atoms with van der Waals surface area (Å²) in [6, 6.07) is 0. The van der Waals surface area contributed by atoms with Crippen molar-refractivity contribution < 1.29 is 0 Å². The molecular formula is C12H22. The topological polar surface area (TPSA) is 0 Å². The average Bonchev–Trinajstić information content (AvgIpc) is 1.95. The Morgan fingerprint density at radius 1 is 1.33 bits per heavy atom. The highest BCUT2D eigenvalue weighted by molar-refractivity contribution is 4.88. The molecule has 0 saturated carbocycles. The monoisotopic (exact) mass is 166 g/mol. The Labute approximate surface area is 77.4 Å². The van der Waals surface area contributed by atoms with E-state index < -0.39 is 0 Å². The van der Waals surface area contributed by atoms with Crippen LogP contribution in [-0.4, -0.2) is 0 Å². The molecular weight excluding hydrogens is 144 g/mol. The number of hydrogen-bond donors (Lipinski definition) is 0. The van der Waals surface area contributed by atoms with Crippen molar-refractivity contribution in [2.45, 2.75) is 46.5 Å². The summed E-state index contributed by atoms with van der Waals surface area (Å²) in [5.41, 5.74) is 1.31. The van der Waals surface area contributed by atoms with Crippen LogP contribution in [0, 0.1) is 5.92 Å². The molecule has 0 fully saturated rings. The standard InChI is InChI=1S/C12H22/c1-11(2)9-7-5-6-8-10-12(3)4/h8,10,12H,1,5-7,9H2,2-4H3. The highest BCUT2D eigenvalue weighted by Crippen LogP contribution is 2.07. The SMILES string of the molecule is C=C(C)CCCCC=CC(C)C. The lowest BCUT2D eigenvalue weighted by Gasteiger charge is -1.97. The summed E-state index contributed by atoms with van der Waals surface area (Å²) in [5.74, 6) is 0.700. The van der Waals surface area contributed by atoms with Crippen molar-refractivity contribution in [3.63, 3.8) is 0 Å². The lowest BCUT2D eigenvalue weighted by Crippen LogP contribution is -1.79. The second kappa shape index (κ2) is 7.15. The first-order valence-corrected chi connectivity index (χ1v) is 4.94. The van der Waals surface area contributed by atoms with Gasteiger partial charge in [0, 0.05) is 0 Å². The maximum absolute atomic E-state index is 3.88. The number of rotatable bonds is 6. The van der Waals surface area contributed by atoms with Crippen LogP contribution in [0.4, 0.5) is 0 Å². The molecule has 0 nitrogen and oxygen atoms in total. The Kier molecular flexibility index (Phi) is 6.84. The van der Waals surface area contributed by atoms with Crippen LogP contribution in [0.25, 0.3) is 0 Å². The Balaban J connectivity index is 3.16. The highest BCUT2D eigenvalue weighted by Gasteiger charge is 1.87.